The maximum Gasteiger partial charge on any atom is 0.0700 e. The van der Waals surface area contributed by atoms with Gasteiger partial charge in [-0.1, -0.05) is 36.7 Å². The summed E-state index contributed by atoms with van der Waals surface area (Å²) in [7, 11) is 0. The number of halogens is 1. The molecule has 1 unspecified atom stereocenters. The summed E-state index contributed by atoms with van der Waals surface area (Å²) >= 11 is 3.69. The van der Waals surface area contributed by atoms with Crippen LogP contribution in [-0.4, -0.2) is 42.6 Å². The predicted molar refractivity (Wildman–Crippen MR) is 73.3 cm³/mol. The molecule has 0 aromatic rings. The lowest BCUT2D eigenvalue weighted by molar-refractivity contribution is -0.0411. The molecule has 96 valence electrons. The molecule has 1 fully saturated rings. The second kappa shape index (κ2) is 6.97. The van der Waals surface area contributed by atoms with E-state index in [2.05, 4.69) is 41.6 Å². The van der Waals surface area contributed by atoms with E-state index in [1.807, 2.05) is 0 Å². The summed E-state index contributed by atoms with van der Waals surface area (Å²) in [5.74, 6) is 0. The highest BCUT2D eigenvalue weighted by atomic mass is 79.9. The molecular weight excluding hydrogens is 266 g/mol. The Labute approximate surface area is 109 Å². The number of rotatable bonds is 6. The summed E-state index contributed by atoms with van der Waals surface area (Å²) in [5, 5.41) is 1.11. The largest absolute Gasteiger partial charge is 0.376 e. The minimum atomic E-state index is 0.454. The number of morpholine rings is 1. The van der Waals surface area contributed by atoms with Crippen molar-refractivity contribution in [1.82, 2.24) is 4.90 Å². The van der Waals surface area contributed by atoms with Gasteiger partial charge in [0.15, 0.2) is 0 Å². The fourth-order valence-electron chi connectivity index (χ4n) is 2.35. The van der Waals surface area contributed by atoms with Crippen LogP contribution in [0.4, 0.5) is 0 Å². The Hall–Kier alpha value is 0.400. The standard InChI is InChI=1S/C13H26BrNO/c1-4-12-9-15(7-8-16-12)11-13(5-2,6-3)10-14/h12H,4-11H2,1-3H3. The molecule has 0 amide bonds. The quantitative estimate of drug-likeness (QED) is 0.696. The van der Waals surface area contributed by atoms with Crippen molar-refractivity contribution in [3.05, 3.63) is 0 Å². The molecule has 0 bridgehead atoms. The first kappa shape index (κ1) is 14.5. The topological polar surface area (TPSA) is 12.5 Å². The monoisotopic (exact) mass is 291 g/mol. The molecule has 1 aliphatic heterocycles. The van der Waals surface area contributed by atoms with Crippen molar-refractivity contribution < 1.29 is 4.74 Å². The van der Waals surface area contributed by atoms with Gasteiger partial charge in [-0.25, -0.2) is 0 Å². The molecule has 3 heteroatoms. The minimum absolute atomic E-state index is 0.454. The Morgan fingerprint density at radius 1 is 1.31 bits per heavy atom. The molecule has 0 aliphatic carbocycles. The first-order chi connectivity index (χ1) is 7.69. The fourth-order valence-corrected chi connectivity index (χ4v) is 3.32. The number of alkyl halides is 1. The van der Waals surface area contributed by atoms with Crippen molar-refractivity contribution >= 4 is 15.9 Å². The van der Waals surface area contributed by atoms with Gasteiger partial charge < -0.3 is 4.74 Å². The lowest BCUT2D eigenvalue weighted by Crippen LogP contribution is -2.47. The zero-order valence-electron chi connectivity index (χ0n) is 11.0. The molecule has 16 heavy (non-hydrogen) atoms. The normalized spacial score (nSPS) is 23.6. The third-order valence-electron chi connectivity index (χ3n) is 4.02. The average molecular weight is 292 g/mol. The van der Waals surface area contributed by atoms with Crippen LogP contribution in [0, 0.1) is 5.41 Å². The second-order valence-electron chi connectivity index (χ2n) is 4.98. The minimum Gasteiger partial charge on any atom is -0.376 e. The molecule has 0 aromatic carbocycles. The van der Waals surface area contributed by atoms with Crippen LogP contribution in [0.25, 0.3) is 0 Å². The van der Waals surface area contributed by atoms with Crippen LogP contribution < -0.4 is 0 Å². The van der Waals surface area contributed by atoms with Crippen LogP contribution in [0.2, 0.25) is 0 Å². The fraction of sp³-hybridized carbons (Fsp3) is 1.00. The molecule has 2 nitrogen and oxygen atoms in total. The van der Waals surface area contributed by atoms with Crippen molar-refractivity contribution in [2.45, 2.75) is 46.1 Å². The average Bonchev–Trinajstić information content (AvgIpc) is 2.36. The number of hydrogen-bond acceptors (Lipinski definition) is 2. The van der Waals surface area contributed by atoms with E-state index in [1.54, 1.807) is 0 Å². The number of hydrogen-bond donors (Lipinski definition) is 0. The summed E-state index contributed by atoms with van der Waals surface area (Å²) < 4.78 is 5.72. The smallest absolute Gasteiger partial charge is 0.0700 e. The second-order valence-corrected chi connectivity index (χ2v) is 5.54. The summed E-state index contributed by atoms with van der Waals surface area (Å²) in [5.41, 5.74) is 0.454. The van der Waals surface area contributed by atoms with Gasteiger partial charge in [0.25, 0.3) is 0 Å². The molecule has 0 N–H and O–H groups in total. The maximum atomic E-state index is 5.72. The van der Waals surface area contributed by atoms with E-state index in [1.165, 1.54) is 19.4 Å². The van der Waals surface area contributed by atoms with Gasteiger partial charge in [0.05, 0.1) is 12.7 Å². The van der Waals surface area contributed by atoms with Gasteiger partial charge in [0, 0.05) is 25.0 Å². The first-order valence-corrected chi connectivity index (χ1v) is 7.71. The van der Waals surface area contributed by atoms with Gasteiger partial charge in [-0.3, -0.25) is 4.90 Å². The van der Waals surface area contributed by atoms with Crippen LogP contribution in [0.15, 0.2) is 0 Å². The predicted octanol–water partition coefficient (Wildman–Crippen LogP) is 3.30. The third-order valence-corrected chi connectivity index (χ3v) is 5.21. The van der Waals surface area contributed by atoms with Crippen molar-refractivity contribution in [3.8, 4) is 0 Å². The molecule has 0 saturated carbocycles. The zero-order chi connectivity index (χ0) is 12.0. The maximum absolute atomic E-state index is 5.72. The highest BCUT2D eigenvalue weighted by Crippen LogP contribution is 2.30. The summed E-state index contributed by atoms with van der Waals surface area (Å²) in [4.78, 5) is 2.59. The van der Waals surface area contributed by atoms with E-state index in [0.717, 1.165) is 31.4 Å². The Morgan fingerprint density at radius 2 is 2.00 bits per heavy atom. The van der Waals surface area contributed by atoms with Crippen LogP contribution >= 0.6 is 15.9 Å². The van der Waals surface area contributed by atoms with Gasteiger partial charge >= 0.3 is 0 Å². The van der Waals surface area contributed by atoms with Gasteiger partial charge in [-0.05, 0) is 24.7 Å². The number of nitrogens with zero attached hydrogens (tertiary/aromatic N) is 1. The summed E-state index contributed by atoms with van der Waals surface area (Å²) in [6, 6.07) is 0. The van der Waals surface area contributed by atoms with E-state index in [9.17, 15) is 0 Å². The molecule has 0 aromatic heterocycles. The lowest BCUT2D eigenvalue weighted by atomic mass is 9.84. The van der Waals surface area contributed by atoms with Crippen molar-refractivity contribution in [2.75, 3.05) is 31.6 Å². The Morgan fingerprint density at radius 3 is 2.50 bits per heavy atom. The van der Waals surface area contributed by atoms with Crippen molar-refractivity contribution in [1.29, 1.82) is 0 Å². The Kier molecular flexibility index (Phi) is 6.30. The van der Waals surface area contributed by atoms with E-state index >= 15 is 0 Å². The van der Waals surface area contributed by atoms with Gasteiger partial charge in [-0.15, -0.1) is 0 Å². The zero-order valence-corrected chi connectivity index (χ0v) is 12.6. The van der Waals surface area contributed by atoms with Gasteiger partial charge in [0.1, 0.15) is 0 Å². The van der Waals surface area contributed by atoms with Crippen LogP contribution in [-0.2, 0) is 4.74 Å². The van der Waals surface area contributed by atoms with Crippen molar-refractivity contribution in [2.24, 2.45) is 5.41 Å². The molecule has 1 atom stereocenters. The molecule has 1 saturated heterocycles. The van der Waals surface area contributed by atoms with Gasteiger partial charge in [-0.2, -0.15) is 0 Å². The highest BCUT2D eigenvalue weighted by molar-refractivity contribution is 9.09. The number of ether oxygens (including phenoxy) is 1. The lowest BCUT2D eigenvalue weighted by Gasteiger charge is -2.40. The van der Waals surface area contributed by atoms with Gasteiger partial charge in [0.2, 0.25) is 0 Å². The molecule has 1 rings (SSSR count). The SMILES string of the molecule is CCC1CN(CC(CC)(CC)CBr)CCO1. The van der Waals surface area contributed by atoms with Crippen LogP contribution in [0.3, 0.4) is 0 Å². The molecule has 0 spiro atoms. The van der Waals surface area contributed by atoms with E-state index in [4.69, 9.17) is 4.74 Å². The Balaban J connectivity index is 2.50. The summed E-state index contributed by atoms with van der Waals surface area (Å²) in [6.45, 7) is 11.2. The van der Waals surface area contributed by atoms with E-state index in [-0.39, 0.29) is 0 Å². The highest BCUT2D eigenvalue weighted by Gasteiger charge is 2.30. The van der Waals surface area contributed by atoms with E-state index < -0.39 is 0 Å². The van der Waals surface area contributed by atoms with Crippen LogP contribution in [0.1, 0.15) is 40.0 Å². The summed E-state index contributed by atoms with van der Waals surface area (Å²) in [6.07, 6.45) is 4.09. The Bertz CT molecular complexity index is 186. The third kappa shape index (κ3) is 3.71. The molecule has 1 aliphatic rings. The molecule has 1 heterocycles. The van der Waals surface area contributed by atoms with E-state index in [0.29, 0.717) is 11.5 Å². The van der Waals surface area contributed by atoms with Crippen LogP contribution in [0.5, 0.6) is 0 Å². The first-order valence-electron chi connectivity index (χ1n) is 6.59. The molecular formula is C13H26BrNO. The van der Waals surface area contributed by atoms with Crippen molar-refractivity contribution in [3.63, 3.8) is 0 Å². The molecule has 0 radical (unpaired) electrons.